The molecule has 0 unspecified atom stereocenters. The predicted octanol–water partition coefficient (Wildman–Crippen LogP) is 6.09. The molecule has 156 valence electrons. The molecule has 1 amide bonds. The lowest BCUT2D eigenvalue weighted by molar-refractivity contribution is -0.119. The quantitative estimate of drug-likeness (QED) is 0.163. The van der Waals surface area contributed by atoms with Crippen molar-refractivity contribution in [1.82, 2.24) is 5.43 Å². The highest BCUT2D eigenvalue weighted by atomic mass is 79.9. The topological polar surface area (TPSA) is 73.7 Å². The van der Waals surface area contributed by atoms with E-state index in [1.165, 1.54) is 17.0 Å². The van der Waals surface area contributed by atoms with E-state index in [2.05, 4.69) is 72.0 Å². The number of hydrogen-bond donors (Lipinski definition) is 3. The molecule has 0 heterocycles. The van der Waals surface area contributed by atoms with Gasteiger partial charge in [0.2, 0.25) is 0 Å². The summed E-state index contributed by atoms with van der Waals surface area (Å²) < 4.78 is 1.41. The highest BCUT2D eigenvalue weighted by Gasteiger charge is 2.10. The first-order valence-corrected chi connectivity index (χ1v) is 11.2. The molecule has 0 aliphatic carbocycles. The van der Waals surface area contributed by atoms with Crippen LogP contribution in [0.5, 0.6) is 5.75 Å². The summed E-state index contributed by atoms with van der Waals surface area (Å²) >= 11 is 6.78. The average molecular weight is 541 g/mol. The first kappa shape index (κ1) is 21.3. The van der Waals surface area contributed by atoms with Crippen molar-refractivity contribution >= 4 is 71.2 Å². The maximum Gasteiger partial charge on any atom is 0.259 e. The molecular weight excluding hydrogens is 522 g/mol. The van der Waals surface area contributed by atoms with Crippen LogP contribution in [0.2, 0.25) is 0 Å². The number of hydrazone groups is 1. The molecule has 0 fully saturated rings. The lowest BCUT2D eigenvalue weighted by Gasteiger charge is -2.09. The van der Waals surface area contributed by atoms with E-state index in [-0.39, 0.29) is 18.2 Å². The monoisotopic (exact) mass is 539 g/mol. The van der Waals surface area contributed by atoms with Gasteiger partial charge in [0.1, 0.15) is 5.75 Å². The Hall–Kier alpha value is -2.90. The number of phenolic OH excluding ortho intramolecular Hbond substituents is 1. The Morgan fingerprint density at radius 3 is 2.42 bits per heavy atom. The largest absolute Gasteiger partial charge is 0.506 e. The maximum absolute atomic E-state index is 12.1. The van der Waals surface area contributed by atoms with E-state index in [1.807, 2.05) is 37.3 Å². The van der Waals surface area contributed by atoms with Gasteiger partial charge in [-0.05, 0) is 80.3 Å². The van der Waals surface area contributed by atoms with Crippen molar-refractivity contribution in [2.24, 2.45) is 5.10 Å². The molecule has 0 aliphatic rings. The second-order valence-corrected chi connectivity index (χ2v) is 8.79. The first-order valence-electron chi connectivity index (χ1n) is 9.58. The Bertz CT molecular complexity index is 1340. The molecule has 31 heavy (non-hydrogen) atoms. The van der Waals surface area contributed by atoms with E-state index >= 15 is 0 Å². The minimum atomic E-state index is -0.292. The van der Waals surface area contributed by atoms with Crippen molar-refractivity contribution < 1.29 is 9.90 Å². The maximum atomic E-state index is 12.1. The molecule has 0 bridgehead atoms. The molecule has 0 aliphatic heterocycles. The zero-order chi connectivity index (χ0) is 22.0. The van der Waals surface area contributed by atoms with Crippen molar-refractivity contribution in [1.29, 1.82) is 0 Å². The molecule has 5 nitrogen and oxygen atoms in total. The molecule has 0 spiro atoms. The van der Waals surface area contributed by atoms with E-state index < -0.39 is 0 Å². The predicted molar refractivity (Wildman–Crippen MR) is 134 cm³/mol. The van der Waals surface area contributed by atoms with Crippen LogP contribution in [0.4, 0.5) is 5.69 Å². The van der Waals surface area contributed by atoms with Gasteiger partial charge < -0.3 is 10.4 Å². The van der Waals surface area contributed by atoms with Crippen LogP contribution in [0.15, 0.2) is 74.7 Å². The van der Waals surface area contributed by atoms with Crippen LogP contribution in [0.25, 0.3) is 21.5 Å². The Morgan fingerprint density at radius 2 is 1.68 bits per heavy atom. The summed E-state index contributed by atoms with van der Waals surface area (Å²) in [5, 5.41) is 21.9. The second kappa shape index (κ2) is 9.08. The summed E-state index contributed by atoms with van der Waals surface area (Å²) in [6.07, 6.45) is 1.41. The van der Waals surface area contributed by atoms with Crippen LogP contribution in [0, 0.1) is 6.92 Å². The van der Waals surface area contributed by atoms with E-state index in [0.717, 1.165) is 26.5 Å². The number of benzene rings is 4. The third-order valence-electron chi connectivity index (χ3n) is 5.00. The number of amides is 1. The normalized spacial score (nSPS) is 11.3. The number of carbonyl (C=O) groups is 1. The smallest absolute Gasteiger partial charge is 0.259 e. The zero-order valence-electron chi connectivity index (χ0n) is 16.6. The number of nitrogens with one attached hydrogen (secondary N) is 2. The second-order valence-electron chi connectivity index (χ2n) is 7.14. The molecular formula is C24H19Br2N3O2. The summed E-state index contributed by atoms with van der Waals surface area (Å²) in [6.45, 7) is 1.95. The van der Waals surface area contributed by atoms with Gasteiger partial charge in [0.05, 0.1) is 17.2 Å². The fraction of sp³-hybridized carbons (Fsp3) is 0.0833. The highest BCUT2D eigenvalue weighted by Crippen LogP contribution is 2.35. The van der Waals surface area contributed by atoms with Crippen LogP contribution in [-0.4, -0.2) is 23.8 Å². The van der Waals surface area contributed by atoms with E-state index in [9.17, 15) is 9.90 Å². The van der Waals surface area contributed by atoms with Gasteiger partial charge in [-0.25, -0.2) is 5.43 Å². The minimum Gasteiger partial charge on any atom is -0.506 e. The number of aromatic hydroxyl groups is 1. The third kappa shape index (κ3) is 4.73. The number of anilines is 1. The van der Waals surface area contributed by atoms with Gasteiger partial charge in [-0.2, -0.15) is 5.10 Å². The van der Waals surface area contributed by atoms with Crippen LogP contribution in [-0.2, 0) is 4.79 Å². The molecule has 0 saturated carbocycles. The number of nitrogens with zero attached hydrogens (tertiary/aromatic N) is 1. The summed E-state index contributed by atoms with van der Waals surface area (Å²) in [6, 6.07) is 20.3. The molecule has 4 aromatic carbocycles. The van der Waals surface area contributed by atoms with Gasteiger partial charge in [0.25, 0.3) is 5.91 Å². The van der Waals surface area contributed by atoms with Crippen LogP contribution < -0.4 is 10.7 Å². The van der Waals surface area contributed by atoms with Crippen LogP contribution >= 0.6 is 31.9 Å². The van der Waals surface area contributed by atoms with Crippen molar-refractivity contribution in [3.05, 3.63) is 80.7 Å². The number of fused-ring (bicyclic) bond motifs is 2. The van der Waals surface area contributed by atoms with Gasteiger partial charge in [-0.15, -0.1) is 0 Å². The Balaban J connectivity index is 1.40. The molecule has 4 rings (SSSR count). The number of rotatable bonds is 5. The lowest BCUT2D eigenvalue weighted by Crippen LogP contribution is -2.25. The molecule has 4 aromatic rings. The van der Waals surface area contributed by atoms with Crippen molar-refractivity contribution in [3.8, 4) is 5.75 Å². The van der Waals surface area contributed by atoms with Gasteiger partial charge in [0.15, 0.2) is 0 Å². The van der Waals surface area contributed by atoms with Gasteiger partial charge in [0, 0.05) is 15.7 Å². The third-order valence-corrected chi connectivity index (χ3v) is 6.80. The molecule has 0 atom stereocenters. The molecule has 0 saturated heterocycles. The summed E-state index contributed by atoms with van der Waals surface area (Å²) in [4.78, 5) is 12.1. The Kier molecular flexibility index (Phi) is 6.25. The van der Waals surface area contributed by atoms with Gasteiger partial charge in [-0.3, -0.25) is 4.79 Å². The number of hydrogen-bond acceptors (Lipinski definition) is 4. The van der Waals surface area contributed by atoms with Crippen LogP contribution in [0.3, 0.4) is 0 Å². The lowest BCUT2D eigenvalue weighted by atomic mass is 10.0. The summed E-state index contributed by atoms with van der Waals surface area (Å²) in [5.41, 5.74) is 4.69. The molecule has 0 aromatic heterocycles. The van der Waals surface area contributed by atoms with Crippen molar-refractivity contribution in [2.45, 2.75) is 6.92 Å². The fourth-order valence-electron chi connectivity index (χ4n) is 3.27. The minimum absolute atomic E-state index is 0.0699. The highest BCUT2D eigenvalue weighted by molar-refractivity contribution is 9.11. The Morgan fingerprint density at radius 1 is 1.00 bits per heavy atom. The Labute approximate surface area is 196 Å². The van der Waals surface area contributed by atoms with Gasteiger partial charge >= 0.3 is 0 Å². The number of halogens is 2. The van der Waals surface area contributed by atoms with Gasteiger partial charge in [-0.1, -0.05) is 46.3 Å². The molecule has 3 N–H and O–H groups in total. The number of carbonyl (C=O) groups excluding carboxylic acids is 1. The van der Waals surface area contributed by atoms with Crippen molar-refractivity contribution in [2.75, 3.05) is 11.9 Å². The fourth-order valence-corrected chi connectivity index (χ4v) is 4.42. The van der Waals surface area contributed by atoms with E-state index in [0.29, 0.717) is 10.0 Å². The molecule has 0 radical (unpaired) electrons. The SMILES string of the molecule is Cc1c(Br)cc(/C=N/NC(=O)CNc2ccc3cc4ccccc4cc3c2)c(O)c1Br. The first-order chi connectivity index (χ1) is 14.9. The summed E-state index contributed by atoms with van der Waals surface area (Å²) in [5.74, 6) is -0.222. The molecule has 7 heteroatoms. The number of phenols is 1. The zero-order valence-corrected chi connectivity index (χ0v) is 19.8. The standard InChI is InChI=1S/C24H19Br2N3O2/c1-14-21(25)11-19(24(31)23(14)26)12-28-29-22(30)13-27-20-7-6-17-8-15-4-2-3-5-16(15)9-18(17)10-20/h2-12,27,31H,13H2,1H3,(H,29,30)/b28-12+. The average Bonchev–Trinajstić information content (AvgIpc) is 2.78. The van der Waals surface area contributed by atoms with Crippen LogP contribution in [0.1, 0.15) is 11.1 Å². The summed E-state index contributed by atoms with van der Waals surface area (Å²) in [7, 11) is 0. The van der Waals surface area contributed by atoms with E-state index in [1.54, 1.807) is 6.07 Å². The van der Waals surface area contributed by atoms with E-state index in [4.69, 9.17) is 0 Å². The van der Waals surface area contributed by atoms with Crippen molar-refractivity contribution in [3.63, 3.8) is 0 Å².